The minimum Gasteiger partial charge on any atom is -0.381 e. The molecule has 4 heteroatoms. The van der Waals surface area contributed by atoms with Gasteiger partial charge in [0, 0.05) is 32.8 Å². The van der Waals surface area contributed by atoms with E-state index in [0.29, 0.717) is 11.8 Å². The van der Waals surface area contributed by atoms with Crippen LogP contribution in [0.5, 0.6) is 0 Å². The van der Waals surface area contributed by atoms with Crippen LogP contribution in [0.3, 0.4) is 0 Å². The first kappa shape index (κ1) is 17.6. The third-order valence-corrected chi connectivity index (χ3v) is 5.55. The molecule has 1 N–H and O–H groups in total. The third kappa shape index (κ3) is 5.45. The standard InChI is InChI=1S/C18H34N2O2/c1-3-15-5-7-16(8-6-15)13-19-18(21)20-11-9-17(10-12-20)14-22-4-2/h15-17H,3-14H2,1-2H3,(H,19,21). The second-order valence-corrected chi connectivity index (χ2v) is 7.07. The van der Waals surface area contributed by atoms with Crippen molar-refractivity contribution in [3.05, 3.63) is 0 Å². The minimum atomic E-state index is 0.146. The van der Waals surface area contributed by atoms with Crippen LogP contribution < -0.4 is 5.32 Å². The number of rotatable bonds is 6. The van der Waals surface area contributed by atoms with Crippen LogP contribution in [0.25, 0.3) is 0 Å². The summed E-state index contributed by atoms with van der Waals surface area (Å²) in [7, 11) is 0. The van der Waals surface area contributed by atoms with Crippen molar-refractivity contribution < 1.29 is 9.53 Å². The van der Waals surface area contributed by atoms with Crippen LogP contribution in [0.15, 0.2) is 0 Å². The van der Waals surface area contributed by atoms with Crippen molar-refractivity contribution in [3.63, 3.8) is 0 Å². The second-order valence-electron chi connectivity index (χ2n) is 7.07. The summed E-state index contributed by atoms with van der Waals surface area (Å²) in [6.07, 6.45) is 8.74. The molecule has 128 valence electrons. The van der Waals surface area contributed by atoms with E-state index in [1.54, 1.807) is 0 Å². The number of nitrogens with one attached hydrogen (secondary N) is 1. The van der Waals surface area contributed by atoms with Crippen LogP contribution in [0.1, 0.15) is 58.8 Å². The Morgan fingerprint density at radius 2 is 1.64 bits per heavy atom. The third-order valence-electron chi connectivity index (χ3n) is 5.55. The van der Waals surface area contributed by atoms with Crippen molar-refractivity contribution in [2.45, 2.75) is 58.8 Å². The Hall–Kier alpha value is -0.770. The molecule has 0 aromatic heterocycles. The molecule has 0 aromatic carbocycles. The number of nitrogens with zero attached hydrogens (tertiary/aromatic N) is 1. The van der Waals surface area contributed by atoms with E-state index in [2.05, 4.69) is 12.2 Å². The highest BCUT2D eigenvalue weighted by Gasteiger charge is 2.24. The van der Waals surface area contributed by atoms with Gasteiger partial charge in [-0.05, 0) is 50.4 Å². The maximum absolute atomic E-state index is 12.3. The number of ether oxygens (including phenoxy) is 1. The molecule has 1 heterocycles. The smallest absolute Gasteiger partial charge is 0.317 e. The van der Waals surface area contributed by atoms with E-state index in [-0.39, 0.29) is 6.03 Å². The zero-order chi connectivity index (χ0) is 15.8. The van der Waals surface area contributed by atoms with Gasteiger partial charge in [0.05, 0.1) is 0 Å². The lowest BCUT2D eigenvalue weighted by molar-refractivity contribution is 0.0800. The molecular weight excluding hydrogens is 276 g/mol. The van der Waals surface area contributed by atoms with Gasteiger partial charge in [0.2, 0.25) is 0 Å². The molecule has 0 spiro atoms. The lowest BCUT2D eigenvalue weighted by atomic mass is 9.81. The van der Waals surface area contributed by atoms with Crippen LogP contribution in [-0.4, -0.2) is 43.8 Å². The molecule has 2 rings (SSSR count). The summed E-state index contributed by atoms with van der Waals surface area (Å²) in [4.78, 5) is 14.3. The fourth-order valence-corrected chi connectivity index (χ4v) is 3.77. The molecular formula is C18H34N2O2. The first-order valence-electron chi connectivity index (χ1n) is 9.33. The summed E-state index contributed by atoms with van der Waals surface area (Å²) in [6, 6.07) is 0.146. The molecule has 4 nitrogen and oxygen atoms in total. The number of piperidine rings is 1. The van der Waals surface area contributed by atoms with E-state index in [4.69, 9.17) is 4.74 Å². The van der Waals surface area contributed by atoms with E-state index in [9.17, 15) is 4.79 Å². The molecule has 1 saturated heterocycles. The van der Waals surface area contributed by atoms with Gasteiger partial charge in [-0.3, -0.25) is 0 Å². The number of carbonyl (C=O) groups is 1. The van der Waals surface area contributed by atoms with Crippen molar-refractivity contribution in [2.24, 2.45) is 17.8 Å². The normalized spacial score (nSPS) is 26.9. The van der Waals surface area contributed by atoms with Gasteiger partial charge in [0.15, 0.2) is 0 Å². The molecule has 1 saturated carbocycles. The van der Waals surface area contributed by atoms with E-state index in [1.807, 2.05) is 11.8 Å². The zero-order valence-corrected chi connectivity index (χ0v) is 14.5. The van der Waals surface area contributed by atoms with Crippen LogP contribution in [0.2, 0.25) is 0 Å². The molecule has 0 aromatic rings. The van der Waals surface area contributed by atoms with Gasteiger partial charge in [-0.25, -0.2) is 4.79 Å². The zero-order valence-electron chi connectivity index (χ0n) is 14.5. The van der Waals surface area contributed by atoms with Crippen LogP contribution in [0, 0.1) is 17.8 Å². The first-order chi connectivity index (χ1) is 10.7. The molecule has 2 aliphatic rings. The van der Waals surface area contributed by atoms with E-state index >= 15 is 0 Å². The Morgan fingerprint density at radius 3 is 2.23 bits per heavy atom. The monoisotopic (exact) mass is 310 g/mol. The summed E-state index contributed by atoms with van der Waals surface area (Å²) in [5.41, 5.74) is 0. The average Bonchev–Trinajstić information content (AvgIpc) is 2.58. The van der Waals surface area contributed by atoms with Gasteiger partial charge in [-0.1, -0.05) is 26.2 Å². The molecule has 2 amide bonds. The molecule has 0 bridgehead atoms. The van der Waals surface area contributed by atoms with Crippen molar-refractivity contribution in [2.75, 3.05) is 32.8 Å². The summed E-state index contributed by atoms with van der Waals surface area (Å²) in [5.74, 6) is 2.26. The van der Waals surface area contributed by atoms with Crippen LogP contribution >= 0.6 is 0 Å². The number of carbonyl (C=O) groups excluding carboxylic acids is 1. The molecule has 0 atom stereocenters. The summed E-state index contributed by atoms with van der Waals surface area (Å²) < 4.78 is 5.49. The van der Waals surface area contributed by atoms with Crippen LogP contribution in [0.4, 0.5) is 4.79 Å². The quantitative estimate of drug-likeness (QED) is 0.813. The Morgan fingerprint density at radius 1 is 1.00 bits per heavy atom. The Labute approximate surface area is 136 Å². The molecule has 0 unspecified atom stereocenters. The highest BCUT2D eigenvalue weighted by atomic mass is 16.5. The molecule has 22 heavy (non-hydrogen) atoms. The van der Waals surface area contributed by atoms with Gasteiger partial charge in [-0.15, -0.1) is 0 Å². The van der Waals surface area contributed by atoms with Gasteiger partial charge < -0.3 is 15.0 Å². The molecule has 1 aliphatic carbocycles. The second kappa shape index (κ2) is 9.39. The van der Waals surface area contributed by atoms with Crippen molar-refractivity contribution >= 4 is 6.03 Å². The lowest BCUT2D eigenvalue weighted by Gasteiger charge is -2.33. The number of likely N-dealkylation sites (tertiary alicyclic amines) is 1. The summed E-state index contributed by atoms with van der Waals surface area (Å²) in [6.45, 7) is 8.61. The van der Waals surface area contributed by atoms with E-state index in [1.165, 1.54) is 32.1 Å². The van der Waals surface area contributed by atoms with E-state index < -0.39 is 0 Å². The van der Waals surface area contributed by atoms with Gasteiger partial charge in [-0.2, -0.15) is 0 Å². The topological polar surface area (TPSA) is 41.6 Å². The van der Waals surface area contributed by atoms with Crippen LogP contribution in [-0.2, 0) is 4.74 Å². The highest BCUT2D eigenvalue weighted by Crippen LogP contribution is 2.30. The molecule has 2 fully saturated rings. The summed E-state index contributed by atoms with van der Waals surface area (Å²) >= 11 is 0. The lowest BCUT2D eigenvalue weighted by Crippen LogP contribution is -2.46. The number of hydrogen-bond acceptors (Lipinski definition) is 2. The predicted molar refractivity (Wildman–Crippen MR) is 89.9 cm³/mol. The average molecular weight is 310 g/mol. The predicted octanol–water partition coefficient (Wildman–Crippen LogP) is 3.66. The van der Waals surface area contributed by atoms with Crippen molar-refractivity contribution in [1.82, 2.24) is 10.2 Å². The first-order valence-corrected chi connectivity index (χ1v) is 9.33. The Kier molecular flexibility index (Phi) is 7.50. The largest absolute Gasteiger partial charge is 0.381 e. The fraction of sp³-hybridized carbons (Fsp3) is 0.944. The maximum atomic E-state index is 12.3. The van der Waals surface area contributed by atoms with E-state index in [0.717, 1.165) is 51.6 Å². The Bertz CT molecular complexity index is 319. The van der Waals surface area contributed by atoms with Gasteiger partial charge in [0.1, 0.15) is 0 Å². The van der Waals surface area contributed by atoms with Crippen molar-refractivity contribution in [3.8, 4) is 0 Å². The number of urea groups is 1. The maximum Gasteiger partial charge on any atom is 0.317 e. The van der Waals surface area contributed by atoms with Gasteiger partial charge in [0.25, 0.3) is 0 Å². The minimum absolute atomic E-state index is 0.146. The number of hydrogen-bond donors (Lipinski definition) is 1. The Balaban J connectivity index is 1.60. The SMILES string of the molecule is CCOCC1CCN(C(=O)NCC2CCC(CC)CC2)CC1. The van der Waals surface area contributed by atoms with Gasteiger partial charge >= 0.3 is 6.03 Å². The summed E-state index contributed by atoms with van der Waals surface area (Å²) in [5, 5.41) is 3.17. The number of amides is 2. The fourth-order valence-electron chi connectivity index (χ4n) is 3.77. The molecule has 0 radical (unpaired) electrons. The molecule has 1 aliphatic heterocycles. The van der Waals surface area contributed by atoms with Crippen molar-refractivity contribution in [1.29, 1.82) is 0 Å². The highest BCUT2D eigenvalue weighted by molar-refractivity contribution is 5.74.